The number of aromatic nitrogens is 1. The van der Waals surface area contributed by atoms with Crippen molar-refractivity contribution in [3.63, 3.8) is 0 Å². The van der Waals surface area contributed by atoms with Gasteiger partial charge in [-0.15, -0.1) is 0 Å². The summed E-state index contributed by atoms with van der Waals surface area (Å²) in [5.74, 6) is -0.717. The van der Waals surface area contributed by atoms with Crippen molar-refractivity contribution in [2.45, 2.75) is 23.5 Å². The molecule has 0 saturated heterocycles. The summed E-state index contributed by atoms with van der Waals surface area (Å²) in [5.41, 5.74) is 2.49. The van der Waals surface area contributed by atoms with E-state index in [2.05, 4.69) is 4.98 Å². The molecule has 9 heteroatoms. The van der Waals surface area contributed by atoms with Crippen LogP contribution >= 0.6 is 0 Å². The molecule has 0 aliphatic carbocycles. The second-order valence-corrected chi connectivity index (χ2v) is 6.64. The average Bonchev–Trinajstić information content (AvgIpc) is 2.68. The fraction of sp³-hybridized carbons (Fsp3) is 0.364. The molecule has 0 radical (unpaired) electrons. The molecule has 2 aromatic rings. The molecule has 1 heterocycles. The third-order valence-corrected chi connectivity index (χ3v) is 3.93. The Morgan fingerprint density at radius 1 is 1.30 bits per heavy atom. The fourth-order valence-corrected chi connectivity index (χ4v) is 2.12. The van der Waals surface area contributed by atoms with Gasteiger partial charge in [0.1, 0.15) is 5.52 Å². The van der Waals surface area contributed by atoms with Gasteiger partial charge in [0.15, 0.2) is 21.0 Å². The van der Waals surface area contributed by atoms with E-state index in [0.29, 0.717) is 0 Å². The fourth-order valence-electron chi connectivity index (χ4n) is 1.48. The number of oxazole rings is 1. The van der Waals surface area contributed by atoms with Gasteiger partial charge in [0.25, 0.3) is 0 Å². The van der Waals surface area contributed by atoms with Crippen molar-refractivity contribution in [3.05, 3.63) is 24.1 Å². The van der Waals surface area contributed by atoms with Crippen LogP contribution in [0, 0.1) is 0 Å². The first kappa shape index (κ1) is 14.8. The number of fused-ring (bicyclic) bond motifs is 1. The molecule has 0 amide bonds. The van der Waals surface area contributed by atoms with Gasteiger partial charge in [0.05, 0.1) is 4.90 Å². The molecule has 1 aromatic heterocycles. The highest BCUT2D eigenvalue weighted by Crippen LogP contribution is 2.37. The first-order chi connectivity index (χ1) is 8.93. The number of halogens is 3. The van der Waals surface area contributed by atoms with E-state index < -0.39 is 27.4 Å². The Bertz CT molecular complexity index is 763. The lowest BCUT2D eigenvalue weighted by Crippen LogP contribution is -2.47. The number of rotatable bonds is 2. The van der Waals surface area contributed by atoms with Crippen molar-refractivity contribution >= 4 is 20.9 Å². The van der Waals surface area contributed by atoms with Gasteiger partial charge in [-0.25, -0.2) is 13.4 Å². The standard InChI is InChI=1S/C11H11F3N2O3S/c1-10(15,11(12,13)14)9-16-7-5-6(20(2,17)18)3-4-8(7)19-9/h3-5H,15H2,1-2H3. The smallest absolute Gasteiger partial charge is 0.415 e. The van der Waals surface area contributed by atoms with Gasteiger partial charge in [0, 0.05) is 6.26 Å². The number of nitrogens with zero attached hydrogens (tertiary/aromatic N) is 1. The van der Waals surface area contributed by atoms with Crippen molar-refractivity contribution in [3.8, 4) is 0 Å². The third-order valence-electron chi connectivity index (χ3n) is 2.82. The Morgan fingerprint density at radius 2 is 1.90 bits per heavy atom. The number of benzene rings is 1. The Hall–Kier alpha value is -1.61. The minimum absolute atomic E-state index is 0.00356. The van der Waals surface area contributed by atoms with Gasteiger partial charge >= 0.3 is 6.18 Å². The van der Waals surface area contributed by atoms with Crippen molar-refractivity contribution in [2.24, 2.45) is 5.73 Å². The topological polar surface area (TPSA) is 86.2 Å². The summed E-state index contributed by atoms with van der Waals surface area (Å²) in [7, 11) is -3.48. The van der Waals surface area contributed by atoms with Gasteiger partial charge < -0.3 is 10.2 Å². The number of nitrogens with two attached hydrogens (primary N) is 1. The SMILES string of the molecule is CC(N)(c1nc2cc(S(C)(=O)=O)ccc2o1)C(F)(F)F. The van der Waals surface area contributed by atoms with Crippen LogP contribution in [0.1, 0.15) is 12.8 Å². The quantitative estimate of drug-likeness (QED) is 0.916. The number of alkyl halides is 3. The largest absolute Gasteiger partial charge is 0.438 e. The van der Waals surface area contributed by atoms with E-state index in [4.69, 9.17) is 10.2 Å². The van der Waals surface area contributed by atoms with Crippen molar-refractivity contribution in [1.82, 2.24) is 4.98 Å². The average molecular weight is 308 g/mol. The molecular weight excluding hydrogens is 297 g/mol. The first-order valence-electron chi connectivity index (χ1n) is 5.39. The predicted octanol–water partition coefficient (Wildman–Crippen LogP) is 1.97. The van der Waals surface area contributed by atoms with Crippen LogP contribution in [-0.4, -0.2) is 25.8 Å². The lowest BCUT2D eigenvalue weighted by atomic mass is 10.0. The summed E-state index contributed by atoms with van der Waals surface area (Å²) in [5, 5.41) is 0. The van der Waals surface area contributed by atoms with Crippen molar-refractivity contribution in [1.29, 1.82) is 0 Å². The zero-order chi connectivity index (χ0) is 15.3. The summed E-state index contributed by atoms with van der Waals surface area (Å²) in [6, 6.07) is 3.62. The summed E-state index contributed by atoms with van der Waals surface area (Å²) in [6.07, 6.45) is -3.76. The van der Waals surface area contributed by atoms with Crippen LogP contribution in [0.25, 0.3) is 11.1 Å². The van der Waals surface area contributed by atoms with Crippen LogP contribution in [0.4, 0.5) is 13.2 Å². The van der Waals surface area contributed by atoms with Crippen molar-refractivity contribution < 1.29 is 26.0 Å². The molecule has 2 rings (SSSR count). The van der Waals surface area contributed by atoms with Gasteiger partial charge in [-0.05, 0) is 25.1 Å². The highest BCUT2D eigenvalue weighted by molar-refractivity contribution is 7.90. The van der Waals surface area contributed by atoms with E-state index in [1.807, 2.05) is 0 Å². The molecule has 1 aromatic carbocycles. The highest BCUT2D eigenvalue weighted by Gasteiger charge is 2.53. The zero-order valence-electron chi connectivity index (χ0n) is 10.5. The molecule has 1 unspecified atom stereocenters. The van der Waals surface area contributed by atoms with Crippen LogP contribution < -0.4 is 5.73 Å². The summed E-state index contributed by atoms with van der Waals surface area (Å²) < 4.78 is 66.1. The van der Waals surface area contributed by atoms with Gasteiger partial charge in [0.2, 0.25) is 5.89 Å². The molecule has 0 fully saturated rings. The van der Waals surface area contributed by atoms with E-state index in [-0.39, 0.29) is 16.0 Å². The zero-order valence-corrected chi connectivity index (χ0v) is 11.3. The predicted molar refractivity (Wildman–Crippen MR) is 64.7 cm³/mol. The second kappa shape index (κ2) is 4.19. The summed E-state index contributed by atoms with van der Waals surface area (Å²) in [4.78, 5) is 3.59. The molecule has 5 nitrogen and oxygen atoms in total. The molecule has 0 saturated carbocycles. The van der Waals surface area contributed by atoms with Gasteiger partial charge in [-0.2, -0.15) is 13.2 Å². The maximum absolute atomic E-state index is 12.8. The molecule has 2 N–H and O–H groups in total. The van der Waals surface area contributed by atoms with E-state index in [1.54, 1.807) is 0 Å². The highest BCUT2D eigenvalue weighted by atomic mass is 32.2. The first-order valence-corrected chi connectivity index (χ1v) is 7.29. The van der Waals surface area contributed by atoms with Gasteiger partial charge in [-0.1, -0.05) is 0 Å². The van der Waals surface area contributed by atoms with Crippen LogP contribution in [0.5, 0.6) is 0 Å². The molecule has 0 aliphatic heterocycles. The molecule has 1 atom stereocenters. The Balaban J connectivity index is 2.61. The third kappa shape index (κ3) is 2.38. The Labute approximate surface area is 112 Å². The maximum Gasteiger partial charge on any atom is 0.415 e. The Kier molecular flexibility index (Phi) is 3.10. The maximum atomic E-state index is 12.8. The van der Waals surface area contributed by atoms with Gasteiger partial charge in [-0.3, -0.25) is 0 Å². The normalized spacial score (nSPS) is 16.3. The summed E-state index contributed by atoms with van der Waals surface area (Å²) in [6.45, 7) is 0.731. The number of sulfone groups is 1. The van der Waals surface area contributed by atoms with E-state index in [9.17, 15) is 21.6 Å². The second-order valence-electron chi connectivity index (χ2n) is 4.62. The van der Waals surface area contributed by atoms with Crippen LogP contribution in [-0.2, 0) is 15.4 Å². The van der Waals surface area contributed by atoms with Crippen LogP contribution in [0.15, 0.2) is 27.5 Å². The number of hydrogen-bond donors (Lipinski definition) is 1. The molecule has 0 bridgehead atoms. The van der Waals surface area contributed by atoms with E-state index >= 15 is 0 Å². The lowest BCUT2D eigenvalue weighted by Gasteiger charge is -2.23. The molecular formula is C11H11F3N2O3S. The van der Waals surface area contributed by atoms with Crippen LogP contribution in [0.2, 0.25) is 0 Å². The summed E-state index contributed by atoms with van der Waals surface area (Å²) >= 11 is 0. The van der Waals surface area contributed by atoms with Crippen molar-refractivity contribution in [2.75, 3.05) is 6.26 Å². The lowest BCUT2D eigenvalue weighted by molar-refractivity contribution is -0.189. The molecule has 0 spiro atoms. The Morgan fingerprint density at radius 3 is 2.40 bits per heavy atom. The minimum atomic E-state index is -4.74. The number of hydrogen-bond acceptors (Lipinski definition) is 5. The minimum Gasteiger partial charge on any atom is -0.438 e. The molecule has 0 aliphatic rings. The van der Waals surface area contributed by atoms with Crippen LogP contribution in [0.3, 0.4) is 0 Å². The van der Waals surface area contributed by atoms with E-state index in [1.165, 1.54) is 12.1 Å². The monoisotopic (exact) mass is 308 g/mol. The molecule has 110 valence electrons. The molecule has 20 heavy (non-hydrogen) atoms. The van der Waals surface area contributed by atoms with E-state index in [0.717, 1.165) is 19.2 Å².